The molecule has 1 aromatic heterocycles. The first-order chi connectivity index (χ1) is 10.9. The molecule has 2 heterocycles. The van der Waals surface area contributed by atoms with Crippen molar-refractivity contribution >= 4 is 11.6 Å². The Kier molecular flexibility index (Phi) is 3.88. The number of fused-ring (bicyclic) bond motifs is 1. The number of phenolic OH excluding ortho intramolecular Hbond substituents is 1. The van der Waals surface area contributed by atoms with Crippen molar-refractivity contribution in [1.29, 1.82) is 0 Å². The second kappa shape index (κ2) is 5.72. The standard InChI is InChI=1S/C18H23N3O2/c1-11(16-12(2)19-20(4)13(16)3)18(23)21-10-6-8-14-7-5-9-15(22)17(14)21/h5,7,9,11,22H,6,8,10H2,1-4H3. The van der Waals surface area contributed by atoms with Gasteiger partial charge in [-0.15, -0.1) is 0 Å². The third kappa shape index (κ3) is 2.50. The number of anilines is 1. The van der Waals surface area contributed by atoms with Gasteiger partial charge in [0, 0.05) is 24.8 Å². The highest BCUT2D eigenvalue weighted by molar-refractivity contribution is 6.00. The van der Waals surface area contributed by atoms with E-state index in [4.69, 9.17) is 0 Å². The van der Waals surface area contributed by atoms with Gasteiger partial charge in [-0.3, -0.25) is 9.48 Å². The van der Waals surface area contributed by atoms with E-state index in [1.54, 1.807) is 11.0 Å². The van der Waals surface area contributed by atoms with Crippen molar-refractivity contribution in [3.63, 3.8) is 0 Å². The third-order valence-corrected chi connectivity index (χ3v) is 4.83. The van der Waals surface area contributed by atoms with Crippen LogP contribution < -0.4 is 4.90 Å². The lowest BCUT2D eigenvalue weighted by Gasteiger charge is -2.32. The summed E-state index contributed by atoms with van der Waals surface area (Å²) < 4.78 is 1.82. The van der Waals surface area contributed by atoms with Gasteiger partial charge in [0.1, 0.15) is 5.75 Å². The maximum absolute atomic E-state index is 13.1. The van der Waals surface area contributed by atoms with Gasteiger partial charge in [0.15, 0.2) is 0 Å². The Bertz CT molecular complexity index is 764. The van der Waals surface area contributed by atoms with E-state index in [1.165, 1.54) is 0 Å². The molecule has 1 aliphatic heterocycles. The molecule has 0 aliphatic carbocycles. The van der Waals surface area contributed by atoms with Crippen LogP contribution in [-0.4, -0.2) is 27.3 Å². The van der Waals surface area contributed by atoms with E-state index in [9.17, 15) is 9.90 Å². The molecule has 1 atom stereocenters. The summed E-state index contributed by atoms with van der Waals surface area (Å²) in [7, 11) is 1.89. The number of aromatic nitrogens is 2. The number of benzene rings is 1. The van der Waals surface area contributed by atoms with E-state index in [-0.39, 0.29) is 17.6 Å². The van der Waals surface area contributed by atoms with E-state index < -0.39 is 0 Å². The smallest absolute Gasteiger partial charge is 0.234 e. The predicted molar refractivity (Wildman–Crippen MR) is 89.9 cm³/mol. The van der Waals surface area contributed by atoms with Gasteiger partial charge >= 0.3 is 0 Å². The number of rotatable bonds is 2. The summed E-state index contributed by atoms with van der Waals surface area (Å²) in [4.78, 5) is 14.8. The molecule has 1 amide bonds. The summed E-state index contributed by atoms with van der Waals surface area (Å²) >= 11 is 0. The third-order valence-electron chi connectivity index (χ3n) is 4.83. The predicted octanol–water partition coefficient (Wildman–Crippen LogP) is 2.83. The zero-order chi connectivity index (χ0) is 16.7. The molecule has 5 nitrogen and oxygen atoms in total. The summed E-state index contributed by atoms with van der Waals surface area (Å²) in [6, 6.07) is 5.47. The number of phenols is 1. The van der Waals surface area contributed by atoms with Crippen molar-refractivity contribution < 1.29 is 9.90 Å². The maximum atomic E-state index is 13.1. The van der Waals surface area contributed by atoms with Gasteiger partial charge in [-0.2, -0.15) is 5.10 Å². The number of aryl methyl sites for hydroxylation is 3. The van der Waals surface area contributed by atoms with Crippen LogP contribution in [0.5, 0.6) is 5.75 Å². The Morgan fingerprint density at radius 3 is 2.74 bits per heavy atom. The van der Waals surface area contributed by atoms with Crippen LogP contribution in [0.1, 0.15) is 41.8 Å². The van der Waals surface area contributed by atoms with E-state index in [1.807, 2.05) is 44.6 Å². The second-order valence-corrected chi connectivity index (χ2v) is 6.31. The number of para-hydroxylation sites is 1. The summed E-state index contributed by atoms with van der Waals surface area (Å²) in [5.74, 6) is -0.0803. The van der Waals surface area contributed by atoms with Crippen molar-refractivity contribution in [2.75, 3.05) is 11.4 Å². The lowest BCUT2D eigenvalue weighted by atomic mass is 9.94. The fraction of sp³-hybridized carbons (Fsp3) is 0.444. The Hall–Kier alpha value is -2.30. The Balaban J connectivity index is 1.99. The van der Waals surface area contributed by atoms with Gasteiger partial charge < -0.3 is 10.0 Å². The van der Waals surface area contributed by atoms with E-state index in [0.717, 1.165) is 35.4 Å². The molecule has 1 unspecified atom stereocenters. The number of carbonyl (C=O) groups excluding carboxylic acids is 1. The van der Waals surface area contributed by atoms with Crippen molar-refractivity contribution in [2.24, 2.45) is 7.05 Å². The molecular weight excluding hydrogens is 290 g/mol. The van der Waals surface area contributed by atoms with Crippen LogP contribution in [0, 0.1) is 13.8 Å². The Morgan fingerprint density at radius 1 is 1.35 bits per heavy atom. The van der Waals surface area contributed by atoms with E-state index >= 15 is 0 Å². The zero-order valence-corrected chi connectivity index (χ0v) is 14.1. The van der Waals surface area contributed by atoms with Crippen LogP contribution in [0.25, 0.3) is 0 Å². The van der Waals surface area contributed by atoms with Crippen molar-refractivity contribution in [2.45, 2.75) is 39.5 Å². The van der Waals surface area contributed by atoms with Crippen molar-refractivity contribution in [3.8, 4) is 5.75 Å². The topological polar surface area (TPSA) is 58.4 Å². The summed E-state index contributed by atoms with van der Waals surface area (Å²) in [5.41, 5.74) is 4.60. The molecule has 23 heavy (non-hydrogen) atoms. The second-order valence-electron chi connectivity index (χ2n) is 6.31. The number of aromatic hydroxyl groups is 1. The highest BCUT2D eigenvalue weighted by atomic mass is 16.3. The average molecular weight is 313 g/mol. The molecule has 0 saturated carbocycles. The highest BCUT2D eigenvalue weighted by Gasteiger charge is 2.31. The monoisotopic (exact) mass is 313 g/mol. The molecular formula is C18H23N3O2. The van der Waals surface area contributed by atoms with Crippen molar-refractivity contribution in [3.05, 3.63) is 40.7 Å². The first kappa shape index (κ1) is 15.6. The molecule has 1 aromatic carbocycles. The first-order valence-electron chi connectivity index (χ1n) is 8.04. The Labute approximate surface area is 136 Å². The molecule has 122 valence electrons. The lowest BCUT2D eigenvalue weighted by molar-refractivity contribution is -0.119. The van der Waals surface area contributed by atoms with Crippen LogP contribution in [-0.2, 0) is 18.3 Å². The minimum absolute atomic E-state index is 0.0200. The molecule has 1 aliphatic rings. The van der Waals surface area contributed by atoms with Crippen LogP contribution in [0.3, 0.4) is 0 Å². The van der Waals surface area contributed by atoms with Crippen molar-refractivity contribution in [1.82, 2.24) is 9.78 Å². The number of carbonyl (C=O) groups is 1. The van der Waals surface area contributed by atoms with Gasteiger partial charge in [0.25, 0.3) is 0 Å². The van der Waals surface area contributed by atoms with Crippen LogP contribution in [0.2, 0.25) is 0 Å². The largest absolute Gasteiger partial charge is 0.506 e. The minimum Gasteiger partial charge on any atom is -0.506 e. The van der Waals surface area contributed by atoms with Gasteiger partial charge in [-0.1, -0.05) is 12.1 Å². The normalized spacial score (nSPS) is 15.4. The quantitative estimate of drug-likeness (QED) is 0.927. The molecule has 5 heteroatoms. The molecule has 0 spiro atoms. The minimum atomic E-state index is -0.283. The molecule has 2 aromatic rings. The van der Waals surface area contributed by atoms with Gasteiger partial charge in [-0.25, -0.2) is 0 Å². The highest BCUT2D eigenvalue weighted by Crippen LogP contribution is 2.37. The van der Waals surface area contributed by atoms with Gasteiger partial charge in [0.05, 0.1) is 17.3 Å². The molecule has 0 radical (unpaired) electrons. The number of hydrogen-bond acceptors (Lipinski definition) is 3. The van der Waals surface area contributed by atoms with Crippen LogP contribution in [0.4, 0.5) is 5.69 Å². The summed E-state index contributed by atoms with van der Waals surface area (Å²) in [5, 5.41) is 14.6. The van der Waals surface area contributed by atoms with Crippen LogP contribution >= 0.6 is 0 Å². The zero-order valence-electron chi connectivity index (χ0n) is 14.1. The first-order valence-corrected chi connectivity index (χ1v) is 8.04. The van der Waals surface area contributed by atoms with Crippen LogP contribution in [0.15, 0.2) is 18.2 Å². The number of hydrogen-bond donors (Lipinski definition) is 1. The number of amides is 1. The fourth-order valence-electron chi connectivity index (χ4n) is 3.62. The Morgan fingerprint density at radius 2 is 2.09 bits per heavy atom. The molecule has 0 bridgehead atoms. The van der Waals surface area contributed by atoms with E-state index in [0.29, 0.717) is 12.2 Å². The van der Waals surface area contributed by atoms with E-state index in [2.05, 4.69) is 5.10 Å². The molecule has 0 fully saturated rings. The van der Waals surface area contributed by atoms with Gasteiger partial charge in [0.2, 0.25) is 5.91 Å². The maximum Gasteiger partial charge on any atom is 0.234 e. The lowest BCUT2D eigenvalue weighted by Crippen LogP contribution is -2.38. The molecule has 0 saturated heterocycles. The fourth-order valence-corrected chi connectivity index (χ4v) is 3.62. The average Bonchev–Trinajstić information content (AvgIpc) is 2.78. The number of nitrogens with zero attached hydrogens (tertiary/aromatic N) is 3. The summed E-state index contributed by atoms with van der Waals surface area (Å²) in [6.45, 7) is 6.49. The summed E-state index contributed by atoms with van der Waals surface area (Å²) in [6.07, 6.45) is 1.81. The SMILES string of the molecule is Cc1nn(C)c(C)c1C(C)C(=O)N1CCCc2cccc(O)c21. The molecule has 1 N–H and O–H groups in total. The molecule has 3 rings (SSSR count). The van der Waals surface area contributed by atoms with Gasteiger partial charge in [-0.05, 0) is 45.2 Å².